The smallest absolute Gasteiger partial charge is 0.0767 e. The number of aromatic nitrogens is 2. The highest BCUT2D eigenvalue weighted by molar-refractivity contribution is 9.10. The van der Waals surface area contributed by atoms with Crippen molar-refractivity contribution in [2.24, 2.45) is 5.92 Å². The van der Waals surface area contributed by atoms with Gasteiger partial charge in [-0.2, -0.15) is 5.10 Å². The molecule has 114 valence electrons. The van der Waals surface area contributed by atoms with Crippen LogP contribution in [0.5, 0.6) is 0 Å². The molecule has 0 radical (unpaired) electrons. The third kappa shape index (κ3) is 3.62. The number of nitrogens with zero attached hydrogens (tertiary/aromatic N) is 2. The number of nitrogens with one attached hydrogen (secondary N) is 1. The predicted octanol–water partition coefficient (Wildman–Crippen LogP) is 2.87. The van der Waals surface area contributed by atoms with Gasteiger partial charge in [-0.25, -0.2) is 0 Å². The minimum atomic E-state index is -0.123. The number of aliphatic hydroxyl groups is 1. The summed E-state index contributed by atoms with van der Waals surface area (Å²) in [5, 5.41) is 18.1. The van der Waals surface area contributed by atoms with Gasteiger partial charge in [0.25, 0.3) is 0 Å². The number of hydrogen-bond acceptors (Lipinski definition) is 3. The Bertz CT molecular complexity index is 433. The van der Waals surface area contributed by atoms with Crippen molar-refractivity contribution >= 4 is 15.9 Å². The number of rotatable bonds is 6. The molecule has 1 aromatic heterocycles. The lowest BCUT2D eigenvalue weighted by Crippen LogP contribution is -2.34. The molecule has 0 spiro atoms. The van der Waals surface area contributed by atoms with Gasteiger partial charge in [-0.05, 0) is 48.0 Å². The Kier molecular flexibility index (Phi) is 6.05. The summed E-state index contributed by atoms with van der Waals surface area (Å²) in [5.41, 5.74) is 2.34. The van der Waals surface area contributed by atoms with E-state index in [1.807, 2.05) is 0 Å². The van der Waals surface area contributed by atoms with E-state index < -0.39 is 0 Å². The van der Waals surface area contributed by atoms with Crippen molar-refractivity contribution in [2.45, 2.75) is 65.1 Å². The molecule has 1 saturated carbocycles. The lowest BCUT2D eigenvalue weighted by Gasteiger charge is -2.27. The largest absolute Gasteiger partial charge is 0.393 e. The summed E-state index contributed by atoms with van der Waals surface area (Å²) >= 11 is 3.67. The summed E-state index contributed by atoms with van der Waals surface area (Å²) in [6.07, 6.45) is 5.35. The molecule has 1 aromatic rings. The molecule has 0 amide bonds. The maximum atomic E-state index is 10.00. The predicted molar refractivity (Wildman–Crippen MR) is 84.7 cm³/mol. The minimum Gasteiger partial charge on any atom is -0.393 e. The van der Waals surface area contributed by atoms with E-state index in [0.29, 0.717) is 5.92 Å². The van der Waals surface area contributed by atoms with E-state index in [-0.39, 0.29) is 6.10 Å². The topological polar surface area (TPSA) is 50.1 Å². The lowest BCUT2D eigenvalue weighted by atomic mass is 9.86. The quantitative estimate of drug-likeness (QED) is 0.834. The molecule has 2 rings (SSSR count). The SMILES string of the molecule is CCc1nn(CC)c(CNCC2CCCCC2O)c1Br. The van der Waals surface area contributed by atoms with Crippen LogP contribution in [0.3, 0.4) is 0 Å². The highest BCUT2D eigenvalue weighted by Crippen LogP contribution is 2.25. The first-order chi connectivity index (χ1) is 9.67. The Morgan fingerprint density at radius 3 is 2.75 bits per heavy atom. The van der Waals surface area contributed by atoms with Gasteiger partial charge < -0.3 is 10.4 Å². The van der Waals surface area contributed by atoms with Crippen LogP contribution < -0.4 is 5.32 Å². The van der Waals surface area contributed by atoms with Gasteiger partial charge in [-0.3, -0.25) is 4.68 Å². The number of aryl methyl sites for hydroxylation is 2. The van der Waals surface area contributed by atoms with Crippen LogP contribution in [-0.4, -0.2) is 27.5 Å². The Balaban J connectivity index is 1.91. The lowest BCUT2D eigenvalue weighted by molar-refractivity contribution is 0.0694. The minimum absolute atomic E-state index is 0.123. The molecule has 1 heterocycles. The fraction of sp³-hybridized carbons (Fsp3) is 0.800. The summed E-state index contributed by atoms with van der Waals surface area (Å²) < 4.78 is 3.20. The first kappa shape index (κ1) is 16.0. The van der Waals surface area contributed by atoms with E-state index in [1.54, 1.807) is 0 Å². The van der Waals surface area contributed by atoms with Gasteiger partial charge >= 0.3 is 0 Å². The van der Waals surface area contributed by atoms with Crippen molar-refractivity contribution in [3.63, 3.8) is 0 Å². The fourth-order valence-electron chi connectivity index (χ4n) is 2.99. The maximum absolute atomic E-state index is 10.00. The van der Waals surface area contributed by atoms with E-state index in [1.165, 1.54) is 18.5 Å². The Morgan fingerprint density at radius 2 is 2.10 bits per heavy atom. The summed E-state index contributed by atoms with van der Waals surface area (Å²) in [6, 6.07) is 0. The molecule has 5 heteroatoms. The fourth-order valence-corrected chi connectivity index (χ4v) is 3.69. The standard InChI is InChI=1S/C15H26BrN3O/c1-3-12-15(16)13(19(4-2)18-12)10-17-9-11-7-5-6-8-14(11)20/h11,14,17,20H,3-10H2,1-2H3. The van der Waals surface area contributed by atoms with E-state index in [2.05, 4.69) is 44.9 Å². The molecule has 2 N–H and O–H groups in total. The maximum Gasteiger partial charge on any atom is 0.0767 e. The summed E-state index contributed by atoms with van der Waals surface area (Å²) in [7, 11) is 0. The van der Waals surface area contributed by atoms with Crippen LogP contribution in [0.25, 0.3) is 0 Å². The third-order valence-electron chi connectivity index (χ3n) is 4.26. The molecule has 2 atom stereocenters. The van der Waals surface area contributed by atoms with Crippen molar-refractivity contribution in [3.05, 3.63) is 15.9 Å². The molecular weight excluding hydrogens is 318 g/mol. The number of hydrogen-bond donors (Lipinski definition) is 2. The average Bonchev–Trinajstić information content (AvgIpc) is 2.77. The molecule has 1 fully saturated rings. The highest BCUT2D eigenvalue weighted by atomic mass is 79.9. The van der Waals surface area contributed by atoms with Gasteiger partial charge in [0.1, 0.15) is 0 Å². The van der Waals surface area contributed by atoms with E-state index >= 15 is 0 Å². The van der Waals surface area contributed by atoms with Crippen molar-refractivity contribution in [1.82, 2.24) is 15.1 Å². The van der Waals surface area contributed by atoms with Crippen LogP contribution in [0.2, 0.25) is 0 Å². The molecule has 0 saturated heterocycles. The van der Waals surface area contributed by atoms with Gasteiger partial charge in [-0.15, -0.1) is 0 Å². The van der Waals surface area contributed by atoms with Gasteiger partial charge in [0.15, 0.2) is 0 Å². The molecule has 1 aliphatic rings. The van der Waals surface area contributed by atoms with Crippen LogP contribution in [0.1, 0.15) is 50.9 Å². The first-order valence-electron chi connectivity index (χ1n) is 7.80. The van der Waals surface area contributed by atoms with Crippen molar-refractivity contribution in [3.8, 4) is 0 Å². The van der Waals surface area contributed by atoms with Gasteiger partial charge in [0.2, 0.25) is 0 Å². The van der Waals surface area contributed by atoms with Crippen LogP contribution in [-0.2, 0) is 19.5 Å². The molecule has 0 bridgehead atoms. The van der Waals surface area contributed by atoms with Gasteiger partial charge in [-0.1, -0.05) is 19.8 Å². The van der Waals surface area contributed by atoms with E-state index in [4.69, 9.17) is 0 Å². The van der Waals surface area contributed by atoms with Crippen molar-refractivity contribution in [1.29, 1.82) is 0 Å². The molecular formula is C15H26BrN3O. The molecule has 20 heavy (non-hydrogen) atoms. The van der Waals surface area contributed by atoms with Gasteiger partial charge in [0.05, 0.1) is 22.0 Å². The van der Waals surface area contributed by atoms with E-state index in [9.17, 15) is 5.11 Å². The molecule has 1 aliphatic carbocycles. The zero-order valence-electron chi connectivity index (χ0n) is 12.5. The molecule has 4 nitrogen and oxygen atoms in total. The Morgan fingerprint density at radius 1 is 1.35 bits per heavy atom. The number of aliphatic hydroxyl groups excluding tert-OH is 1. The molecule has 0 aliphatic heterocycles. The zero-order chi connectivity index (χ0) is 14.5. The number of halogens is 1. The van der Waals surface area contributed by atoms with Gasteiger partial charge in [0, 0.05) is 19.6 Å². The Hall–Kier alpha value is -0.390. The summed E-state index contributed by atoms with van der Waals surface area (Å²) in [5.74, 6) is 0.408. The third-order valence-corrected chi connectivity index (χ3v) is 5.18. The monoisotopic (exact) mass is 343 g/mol. The second kappa shape index (κ2) is 7.57. The molecule has 2 unspecified atom stereocenters. The molecule has 0 aromatic carbocycles. The highest BCUT2D eigenvalue weighted by Gasteiger charge is 2.22. The Labute approximate surface area is 130 Å². The zero-order valence-corrected chi connectivity index (χ0v) is 14.1. The van der Waals surface area contributed by atoms with Crippen LogP contribution in [0.15, 0.2) is 4.47 Å². The normalized spacial score (nSPS) is 23.2. The van der Waals surface area contributed by atoms with Crippen molar-refractivity contribution < 1.29 is 5.11 Å². The summed E-state index contributed by atoms with van der Waals surface area (Å²) in [4.78, 5) is 0. The van der Waals surface area contributed by atoms with Crippen LogP contribution in [0, 0.1) is 5.92 Å². The van der Waals surface area contributed by atoms with Crippen molar-refractivity contribution in [2.75, 3.05) is 6.54 Å². The second-order valence-corrected chi connectivity index (χ2v) is 6.41. The average molecular weight is 344 g/mol. The van der Waals surface area contributed by atoms with E-state index in [0.717, 1.165) is 49.1 Å². The second-order valence-electron chi connectivity index (χ2n) is 5.62. The summed E-state index contributed by atoms with van der Waals surface area (Å²) in [6.45, 7) is 6.84. The first-order valence-corrected chi connectivity index (χ1v) is 8.59. The van der Waals surface area contributed by atoms with Crippen LogP contribution >= 0.6 is 15.9 Å². The van der Waals surface area contributed by atoms with Crippen LogP contribution in [0.4, 0.5) is 0 Å².